The third-order valence-corrected chi connectivity index (χ3v) is 12.2. The number of fused-ring (bicyclic) bond motifs is 8. The molecule has 1 saturated carbocycles. The number of sulfone groups is 2. The molecule has 0 saturated heterocycles. The SMILES string of the molecule is O=S(=O)(c1ccccc1)[C@@H]1[C@H](S(=O)(=O)c2ccccc2)[C@H]2C[C@H]1C1=C2[C@H]2C=C[C@H]1C2. The first-order valence-electron chi connectivity index (χ1n) is 10.4. The minimum absolute atomic E-state index is 0.210. The fraction of sp³-hybridized carbons (Fsp3) is 0.333. The molecular weight excluding hydrogens is 416 g/mol. The first-order chi connectivity index (χ1) is 14.4. The van der Waals surface area contributed by atoms with Crippen LogP contribution in [0.25, 0.3) is 0 Å². The third-order valence-electron chi connectivity index (χ3n) is 7.50. The van der Waals surface area contributed by atoms with Gasteiger partial charge in [0.2, 0.25) is 0 Å². The lowest BCUT2D eigenvalue weighted by Gasteiger charge is -2.34. The third kappa shape index (κ3) is 2.32. The van der Waals surface area contributed by atoms with E-state index in [0.717, 1.165) is 6.42 Å². The van der Waals surface area contributed by atoms with Gasteiger partial charge in [0.05, 0.1) is 20.3 Å². The fourth-order valence-corrected chi connectivity index (χ4v) is 11.5. The number of rotatable bonds is 4. The van der Waals surface area contributed by atoms with Gasteiger partial charge in [0.15, 0.2) is 19.7 Å². The maximum absolute atomic E-state index is 13.8. The van der Waals surface area contributed by atoms with E-state index in [-0.39, 0.29) is 33.5 Å². The summed E-state index contributed by atoms with van der Waals surface area (Å²) in [6, 6.07) is 16.7. The van der Waals surface area contributed by atoms with Crippen molar-refractivity contribution < 1.29 is 16.8 Å². The van der Waals surface area contributed by atoms with E-state index in [2.05, 4.69) is 12.2 Å². The molecule has 4 aliphatic rings. The van der Waals surface area contributed by atoms with Gasteiger partial charge in [-0.25, -0.2) is 16.8 Å². The topological polar surface area (TPSA) is 68.3 Å². The van der Waals surface area contributed by atoms with Gasteiger partial charge >= 0.3 is 0 Å². The Hall–Kier alpha value is -2.18. The Labute approximate surface area is 177 Å². The van der Waals surface area contributed by atoms with Crippen LogP contribution >= 0.6 is 0 Å². The van der Waals surface area contributed by atoms with Crippen LogP contribution in [-0.2, 0) is 19.7 Å². The Kier molecular flexibility index (Phi) is 3.82. The smallest absolute Gasteiger partial charge is 0.183 e. The summed E-state index contributed by atoms with van der Waals surface area (Å²) >= 11 is 0. The highest BCUT2D eigenvalue weighted by Crippen LogP contribution is 2.64. The molecule has 1 fully saturated rings. The highest BCUT2D eigenvalue weighted by molar-refractivity contribution is 7.96. The van der Waals surface area contributed by atoms with Crippen LogP contribution in [0.3, 0.4) is 0 Å². The molecule has 6 heteroatoms. The van der Waals surface area contributed by atoms with Gasteiger partial charge in [0.1, 0.15) is 0 Å². The maximum atomic E-state index is 13.8. The molecule has 4 nitrogen and oxygen atoms in total. The van der Waals surface area contributed by atoms with Gasteiger partial charge in [-0.3, -0.25) is 0 Å². The van der Waals surface area contributed by atoms with Crippen molar-refractivity contribution in [2.45, 2.75) is 33.1 Å². The molecule has 6 rings (SSSR count). The molecule has 0 aliphatic heterocycles. The molecule has 154 valence electrons. The molecule has 6 atom stereocenters. The summed E-state index contributed by atoms with van der Waals surface area (Å²) in [5.41, 5.74) is 2.47. The quantitative estimate of drug-likeness (QED) is 0.538. The molecule has 0 heterocycles. The summed E-state index contributed by atoms with van der Waals surface area (Å²) in [4.78, 5) is 0.438. The van der Waals surface area contributed by atoms with E-state index in [1.807, 2.05) is 0 Å². The van der Waals surface area contributed by atoms with Gasteiger partial charge in [-0.05, 0) is 60.8 Å². The van der Waals surface area contributed by atoms with Crippen molar-refractivity contribution in [1.82, 2.24) is 0 Å². The molecule has 0 spiro atoms. The van der Waals surface area contributed by atoms with Gasteiger partial charge in [0.25, 0.3) is 0 Å². The van der Waals surface area contributed by atoms with E-state index in [1.54, 1.807) is 60.7 Å². The standard InChI is InChI=1S/C24H22O4S2/c25-29(26,17-7-3-1-4-8-17)23-19-14-20(22-16-12-11-15(13-16)21(19)22)24(23)30(27,28)18-9-5-2-6-10-18/h1-12,15-16,19-20,23-24H,13-14H2/t15-,16-,19-,20-,23-,24+/m0/s1. The van der Waals surface area contributed by atoms with E-state index in [0.29, 0.717) is 6.42 Å². The minimum atomic E-state index is -3.80. The predicted octanol–water partition coefficient (Wildman–Crippen LogP) is 3.82. The van der Waals surface area contributed by atoms with Crippen molar-refractivity contribution in [1.29, 1.82) is 0 Å². The van der Waals surface area contributed by atoms with Crippen LogP contribution in [0, 0.1) is 23.7 Å². The minimum Gasteiger partial charge on any atom is -0.223 e. The normalized spacial score (nSPS) is 34.0. The second kappa shape index (κ2) is 6.17. The highest BCUT2D eigenvalue weighted by atomic mass is 32.2. The van der Waals surface area contributed by atoms with Crippen LogP contribution in [-0.4, -0.2) is 27.3 Å². The van der Waals surface area contributed by atoms with E-state index >= 15 is 0 Å². The molecule has 0 N–H and O–H groups in total. The average Bonchev–Trinajstić information content (AvgIpc) is 3.53. The van der Waals surface area contributed by atoms with Crippen LogP contribution in [0.5, 0.6) is 0 Å². The van der Waals surface area contributed by atoms with Crippen molar-refractivity contribution in [2.24, 2.45) is 23.7 Å². The lowest BCUT2D eigenvalue weighted by atomic mass is 9.85. The molecule has 0 amide bonds. The van der Waals surface area contributed by atoms with E-state index in [4.69, 9.17) is 0 Å². The zero-order valence-corrected chi connectivity index (χ0v) is 17.9. The molecule has 0 unspecified atom stereocenters. The highest BCUT2D eigenvalue weighted by Gasteiger charge is 2.65. The molecule has 2 aromatic rings. The van der Waals surface area contributed by atoms with Crippen molar-refractivity contribution >= 4 is 19.7 Å². The number of hydrogen-bond acceptors (Lipinski definition) is 4. The van der Waals surface area contributed by atoms with Gasteiger partial charge in [0, 0.05) is 0 Å². The van der Waals surface area contributed by atoms with Crippen molar-refractivity contribution in [3.05, 3.63) is 84.0 Å². The van der Waals surface area contributed by atoms with Gasteiger partial charge < -0.3 is 0 Å². The molecule has 4 aliphatic carbocycles. The van der Waals surface area contributed by atoms with E-state index < -0.39 is 30.2 Å². The molecule has 30 heavy (non-hydrogen) atoms. The fourth-order valence-electron chi connectivity index (χ4n) is 6.49. The Bertz CT molecular complexity index is 1190. The van der Waals surface area contributed by atoms with Gasteiger partial charge in [-0.2, -0.15) is 0 Å². The summed E-state index contributed by atoms with van der Waals surface area (Å²) < 4.78 is 55.2. The van der Waals surface area contributed by atoms with Crippen molar-refractivity contribution in [2.75, 3.05) is 0 Å². The van der Waals surface area contributed by atoms with Crippen molar-refractivity contribution in [3.63, 3.8) is 0 Å². The first kappa shape index (κ1) is 18.6. The molecular formula is C24H22O4S2. The second-order valence-corrected chi connectivity index (χ2v) is 13.0. The van der Waals surface area contributed by atoms with Crippen LogP contribution in [0.1, 0.15) is 12.8 Å². The number of hydrogen-bond donors (Lipinski definition) is 0. The average molecular weight is 439 g/mol. The zero-order chi connectivity index (χ0) is 20.7. The summed E-state index contributed by atoms with van der Waals surface area (Å²) in [7, 11) is -7.61. The Balaban J connectivity index is 1.55. The monoisotopic (exact) mass is 438 g/mol. The Morgan fingerprint density at radius 3 is 1.37 bits per heavy atom. The van der Waals surface area contributed by atoms with Crippen molar-refractivity contribution in [3.8, 4) is 0 Å². The second-order valence-electron chi connectivity index (χ2n) is 8.84. The van der Waals surface area contributed by atoms with Gasteiger partial charge in [-0.1, -0.05) is 59.7 Å². The number of benzene rings is 2. The summed E-state index contributed by atoms with van der Waals surface area (Å²) in [6.45, 7) is 0. The van der Waals surface area contributed by atoms with Gasteiger partial charge in [-0.15, -0.1) is 0 Å². The Morgan fingerprint density at radius 1 is 0.567 bits per heavy atom. The number of allylic oxidation sites excluding steroid dienone is 4. The Morgan fingerprint density at radius 2 is 0.967 bits per heavy atom. The van der Waals surface area contributed by atoms with Crippen LogP contribution in [0.4, 0.5) is 0 Å². The lowest BCUT2D eigenvalue weighted by Crippen LogP contribution is -2.45. The first-order valence-corrected chi connectivity index (χ1v) is 13.5. The zero-order valence-electron chi connectivity index (χ0n) is 16.3. The molecule has 0 radical (unpaired) electrons. The van der Waals surface area contributed by atoms with E-state index in [1.165, 1.54) is 11.1 Å². The van der Waals surface area contributed by atoms with E-state index in [9.17, 15) is 16.8 Å². The predicted molar refractivity (Wildman–Crippen MR) is 114 cm³/mol. The van der Waals surface area contributed by atoms with Crippen LogP contribution in [0.15, 0.2) is 93.8 Å². The maximum Gasteiger partial charge on any atom is 0.183 e. The summed E-state index contributed by atoms with van der Waals surface area (Å²) in [6.07, 6.45) is 5.99. The van der Waals surface area contributed by atoms with Crippen LogP contribution < -0.4 is 0 Å². The summed E-state index contributed by atoms with van der Waals surface area (Å²) in [5.74, 6) is 0.153. The molecule has 0 aromatic heterocycles. The summed E-state index contributed by atoms with van der Waals surface area (Å²) in [5, 5.41) is -1.86. The largest absolute Gasteiger partial charge is 0.223 e. The van der Waals surface area contributed by atoms with Crippen LogP contribution in [0.2, 0.25) is 0 Å². The molecule has 4 bridgehead atoms. The lowest BCUT2D eigenvalue weighted by molar-refractivity contribution is 0.522. The molecule has 2 aromatic carbocycles.